The number of hydrogen-bond acceptors (Lipinski definition) is 1. The summed E-state index contributed by atoms with van der Waals surface area (Å²) in [6.45, 7) is 6.12. The van der Waals surface area contributed by atoms with Crippen LogP contribution in [-0.2, 0) is 11.8 Å². The van der Waals surface area contributed by atoms with Crippen molar-refractivity contribution in [3.05, 3.63) is 35.4 Å². The fourth-order valence-electron chi connectivity index (χ4n) is 4.33. The lowest BCUT2D eigenvalue weighted by Gasteiger charge is -2.54. The number of likely N-dealkylation sites (N-methyl/N-ethyl adjacent to an activating group) is 1. The van der Waals surface area contributed by atoms with Gasteiger partial charge in [0, 0.05) is 6.04 Å². The molecule has 0 N–H and O–H groups in total. The Morgan fingerprint density at radius 1 is 1.35 bits per heavy atom. The Bertz CT molecular complexity index is 425. The Labute approximate surface area is 105 Å². The van der Waals surface area contributed by atoms with Gasteiger partial charge in [0.15, 0.2) is 0 Å². The molecule has 3 atom stereocenters. The molecule has 0 radical (unpaired) electrons. The lowest BCUT2D eigenvalue weighted by molar-refractivity contribution is 0.0377. The van der Waals surface area contributed by atoms with Crippen molar-refractivity contribution in [3.63, 3.8) is 0 Å². The molecular formula is C16H23N. The first-order valence-electron chi connectivity index (χ1n) is 6.95. The van der Waals surface area contributed by atoms with Gasteiger partial charge in [0.2, 0.25) is 0 Å². The number of piperidine rings is 1. The van der Waals surface area contributed by atoms with E-state index in [4.69, 9.17) is 0 Å². The third kappa shape index (κ3) is 1.48. The summed E-state index contributed by atoms with van der Waals surface area (Å²) < 4.78 is 0. The molecule has 1 nitrogen and oxygen atoms in total. The minimum Gasteiger partial charge on any atom is -0.303 e. The Balaban J connectivity index is 2.14. The van der Waals surface area contributed by atoms with E-state index in [1.54, 1.807) is 11.1 Å². The molecule has 0 amide bonds. The van der Waals surface area contributed by atoms with Gasteiger partial charge in [0.25, 0.3) is 0 Å². The maximum absolute atomic E-state index is 2.59. The van der Waals surface area contributed by atoms with Gasteiger partial charge in [-0.2, -0.15) is 0 Å². The van der Waals surface area contributed by atoms with Gasteiger partial charge in [0.05, 0.1) is 0 Å². The van der Waals surface area contributed by atoms with E-state index >= 15 is 0 Å². The maximum Gasteiger partial charge on any atom is 0.0169 e. The van der Waals surface area contributed by atoms with Crippen molar-refractivity contribution in [1.29, 1.82) is 0 Å². The first kappa shape index (κ1) is 11.3. The number of nitrogens with zero attached hydrogens (tertiary/aromatic N) is 1. The van der Waals surface area contributed by atoms with Gasteiger partial charge < -0.3 is 4.90 Å². The first-order chi connectivity index (χ1) is 8.16. The van der Waals surface area contributed by atoms with Crippen molar-refractivity contribution in [2.24, 2.45) is 5.92 Å². The van der Waals surface area contributed by atoms with Crippen LogP contribution in [0, 0.1) is 5.92 Å². The largest absolute Gasteiger partial charge is 0.303 e. The normalized spacial score (nSPS) is 36.6. The number of fused-ring (bicyclic) bond motifs is 4. The molecule has 1 fully saturated rings. The Morgan fingerprint density at radius 3 is 2.88 bits per heavy atom. The van der Waals surface area contributed by atoms with E-state index in [-0.39, 0.29) is 0 Å². The Kier molecular flexibility index (Phi) is 2.55. The summed E-state index contributed by atoms with van der Waals surface area (Å²) in [7, 11) is 2.31. The second kappa shape index (κ2) is 3.84. The number of benzene rings is 1. The molecule has 0 spiro atoms. The van der Waals surface area contributed by atoms with Crippen molar-refractivity contribution >= 4 is 0 Å². The molecule has 1 saturated heterocycles. The minimum atomic E-state index is 0.417. The highest BCUT2D eigenvalue weighted by Crippen LogP contribution is 2.49. The Morgan fingerprint density at radius 2 is 2.12 bits per heavy atom. The van der Waals surface area contributed by atoms with Gasteiger partial charge >= 0.3 is 0 Å². The number of rotatable bonds is 1. The van der Waals surface area contributed by atoms with Gasteiger partial charge in [-0.3, -0.25) is 0 Å². The molecule has 1 heteroatoms. The molecule has 2 bridgehead atoms. The molecule has 17 heavy (non-hydrogen) atoms. The molecule has 1 aromatic carbocycles. The van der Waals surface area contributed by atoms with Gasteiger partial charge in [-0.1, -0.05) is 44.5 Å². The molecule has 0 aromatic heterocycles. The Hall–Kier alpha value is -0.820. The fourth-order valence-corrected chi connectivity index (χ4v) is 4.33. The quantitative estimate of drug-likeness (QED) is 0.714. The average molecular weight is 229 g/mol. The molecule has 1 aliphatic carbocycles. The van der Waals surface area contributed by atoms with Crippen molar-refractivity contribution < 1.29 is 0 Å². The third-order valence-electron chi connectivity index (χ3n) is 5.33. The molecule has 3 rings (SSSR count). The molecule has 92 valence electrons. The molecule has 1 heterocycles. The van der Waals surface area contributed by atoms with Crippen molar-refractivity contribution in [2.75, 3.05) is 13.6 Å². The predicted molar refractivity (Wildman–Crippen MR) is 72.3 cm³/mol. The lowest BCUT2D eigenvalue weighted by Crippen LogP contribution is -2.57. The van der Waals surface area contributed by atoms with Crippen LogP contribution in [0.4, 0.5) is 0 Å². The van der Waals surface area contributed by atoms with Crippen LogP contribution >= 0.6 is 0 Å². The zero-order valence-corrected chi connectivity index (χ0v) is 11.2. The van der Waals surface area contributed by atoms with Crippen molar-refractivity contribution in [3.8, 4) is 0 Å². The standard InChI is InChI=1S/C16H23N/c1-4-13-15-11-12-7-5-6-8-14(12)16(13,2)9-10-17(15)3/h5-8,13,15H,4,9-11H2,1-3H3/t13-,15-,16-/m1/s1. The topological polar surface area (TPSA) is 3.24 Å². The van der Waals surface area contributed by atoms with Gasteiger partial charge in [0.1, 0.15) is 0 Å². The molecule has 1 aliphatic heterocycles. The lowest BCUT2D eigenvalue weighted by atomic mass is 9.58. The van der Waals surface area contributed by atoms with Crippen LogP contribution in [-0.4, -0.2) is 24.5 Å². The fraction of sp³-hybridized carbons (Fsp3) is 0.625. The average Bonchev–Trinajstić information content (AvgIpc) is 2.34. The summed E-state index contributed by atoms with van der Waals surface area (Å²) in [4.78, 5) is 2.59. The summed E-state index contributed by atoms with van der Waals surface area (Å²) in [5.41, 5.74) is 3.65. The monoisotopic (exact) mass is 229 g/mol. The molecule has 1 aromatic rings. The summed E-state index contributed by atoms with van der Waals surface area (Å²) >= 11 is 0. The SMILES string of the molecule is CC[C@@H]1[C@H]2Cc3ccccc3[C@]1(C)CCN2C. The van der Waals surface area contributed by atoms with E-state index in [1.165, 1.54) is 25.8 Å². The van der Waals surface area contributed by atoms with Crippen molar-refractivity contribution in [1.82, 2.24) is 4.90 Å². The van der Waals surface area contributed by atoms with Crippen LogP contribution < -0.4 is 0 Å². The second-order valence-corrected chi connectivity index (χ2v) is 6.09. The minimum absolute atomic E-state index is 0.417. The van der Waals surface area contributed by atoms with Crippen LogP contribution in [0.25, 0.3) is 0 Å². The number of hydrogen-bond donors (Lipinski definition) is 0. The molecule has 0 saturated carbocycles. The van der Waals surface area contributed by atoms with Crippen LogP contribution in [0.5, 0.6) is 0 Å². The summed E-state index contributed by atoms with van der Waals surface area (Å²) in [6, 6.07) is 9.89. The predicted octanol–water partition coefficient (Wildman–Crippen LogP) is 3.23. The molecule has 2 aliphatic rings. The summed E-state index contributed by atoms with van der Waals surface area (Å²) in [6.07, 6.45) is 3.87. The molecule has 0 unspecified atom stereocenters. The van der Waals surface area contributed by atoms with Crippen molar-refractivity contribution in [2.45, 2.75) is 44.6 Å². The number of likely N-dealkylation sites (tertiary alicyclic amines) is 1. The second-order valence-electron chi connectivity index (χ2n) is 6.09. The highest BCUT2D eigenvalue weighted by molar-refractivity contribution is 5.39. The zero-order chi connectivity index (χ0) is 12.0. The van der Waals surface area contributed by atoms with E-state index < -0.39 is 0 Å². The van der Waals surface area contributed by atoms with Crippen LogP contribution in [0.3, 0.4) is 0 Å². The van der Waals surface area contributed by atoms with E-state index in [9.17, 15) is 0 Å². The highest BCUT2D eigenvalue weighted by Gasteiger charge is 2.48. The van der Waals surface area contributed by atoms with Gasteiger partial charge in [-0.05, 0) is 48.9 Å². The summed E-state index contributed by atoms with van der Waals surface area (Å²) in [5, 5.41) is 0. The highest BCUT2D eigenvalue weighted by atomic mass is 15.1. The van der Waals surface area contributed by atoms with Crippen LogP contribution in [0.2, 0.25) is 0 Å². The maximum atomic E-state index is 2.59. The van der Waals surface area contributed by atoms with E-state index in [2.05, 4.69) is 50.1 Å². The summed E-state index contributed by atoms with van der Waals surface area (Å²) in [5.74, 6) is 0.830. The van der Waals surface area contributed by atoms with Gasteiger partial charge in [-0.15, -0.1) is 0 Å². The smallest absolute Gasteiger partial charge is 0.0169 e. The third-order valence-corrected chi connectivity index (χ3v) is 5.33. The van der Waals surface area contributed by atoms with E-state index in [0.29, 0.717) is 5.41 Å². The van der Waals surface area contributed by atoms with E-state index in [0.717, 1.165) is 12.0 Å². The zero-order valence-electron chi connectivity index (χ0n) is 11.2. The van der Waals surface area contributed by atoms with Crippen LogP contribution in [0.15, 0.2) is 24.3 Å². The van der Waals surface area contributed by atoms with E-state index in [1.807, 2.05) is 0 Å². The van der Waals surface area contributed by atoms with Crippen LogP contribution in [0.1, 0.15) is 37.8 Å². The van der Waals surface area contributed by atoms with Gasteiger partial charge in [-0.25, -0.2) is 0 Å². The first-order valence-corrected chi connectivity index (χ1v) is 6.95. The molecular weight excluding hydrogens is 206 g/mol.